The van der Waals surface area contributed by atoms with Crippen LogP contribution in [-0.2, 0) is 50.9 Å². The summed E-state index contributed by atoms with van der Waals surface area (Å²) in [4.78, 5) is 49.6. The first-order valence-corrected chi connectivity index (χ1v) is 12.1. The Morgan fingerprint density at radius 1 is 0.865 bits per heavy atom. The smallest absolute Gasteiger partial charge is 0.329 e. The third kappa shape index (κ3) is 11.3. The fourth-order valence-electron chi connectivity index (χ4n) is 4.05. The summed E-state index contributed by atoms with van der Waals surface area (Å²) in [6.07, 6.45) is 2.96. The maximum atomic E-state index is 12.1. The number of rotatable bonds is 6. The maximum absolute atomic E-state index is 12.1. The zero-order chi connectivity index (χ0) is 26.5. The van der Waals surface area contributed by atoms with Crippen LogP contribution in [0.4, 0.5) is 0 Å². The Kier molecular flexibility index (Phi) is 18.8. The number of aliphatic hydroxyl groups excluding tert-OH is 1. The van der Waals surface area contributed by atoms with Gasteiger partial charge in [-0.3, -0.25) is 9.59 Å². The van der Waals surface area contributed by atoms with Gasteiger partial charge in [0.25, 0.3) is 0 Å². The van der Waals surface area contributed by atoms with Gasteiger partial charge < -0.3 is 32.2 Å². The van der Waals surface area contributed by atoms with E-state index in [4.69, 9.17) is 14.9 Å². The number of amides is 2. The van der Waals surface area contributed by atoms with Crippen LogP contribution in [0.2, 0.25) is 0 Å². The van der Waals surface area contributed by atoms with Crippen LogP contribution in [0.25, 0.3) is 0 Å². The monoisotopic (exact) mass is 613 g/mol. The molecule has 2 aliphatic heterocycles. The van der Waals surface area contributed by atoms with Gasteiger partial charge in [-0.1, -0.05) is 58.0 Å². The van der Waals surface area contributed by atoms with Crippen molar-refractivity contribution in [2.75, 3.05) is 20.2 Å². The largest absolute Gasteiger partial charge is 0.480 e. The van der Waals surface area contributed by atoms with Gasteiger partial charge in [-0.05, 0) is 31.2 Å². The Morgan fingerprint density at radius 2 is 1.30 bits per heavy atom. The fraction of sp³-hybridized carbons (Fsp3) is 0.593. The Balaban J connectivity index is 0. The van der Waals surface area contributed by atoms with E-state index in [1.54, 1.807) is 18.7 Å². The minimum atomic E-state index is -0.883. The molecule has 0 unspecified atom stereocenters. The average molecular weight is 614 g/mol. The molecular formula is C27H43N2O7Pd-. The van der Waals surface area contributed by atoms with Crippen molar-refractivity contribution in [3.05, 3.63) is 43.3 Å². The van der Waals surface area contributed by atoms with Gasteiger partial charge in [0.1, 0.15) is 18.7 Å². The number of carboxylic acid groups (broad SMARTS) is 1. The van der Waals surface area contributed by atoms with E-state index in [1.807, 2.05) is 44.2 Å². The molecule has 2 saturated heterocycles. The molecular weight excluding hydrogens is 571 g/mol. The number of ether oxygens (including phenoxy) is 1. The van der Waals surface area contributed by atoms with Crippen molar-refractivity contribution in [1.29, 1.82) is 0 Å². The second kappa shape index (κ2) is 18.9. The number of carboxylic acids is 1. The van der Waals surface area contributed by atoms with Crippen molar-refractivity contribution in [2.45, 2.75) is 72.1 Å². The van der Waals surface area contributed by atoms with Gasteiger partial charge in [0.15, 0.2) is 0 Å². The number of carbonyl (C=O) groups excluding carboxylic acids is 3. The van der Waals surface area contributed by atoms with Gasteiger partial charge in [-0.2, -0.15) is 0 Å². The van der Waals surface area contributed by atoms with Gasteiger partial charge in [0.05, 0.1) is 0 Å². The van der Waals surface area contributed by atoms with E-state index in [0.29, 0.717) is 25.9 Å². The summed E-state index contributed by atoms with van der Waals surface area (Å²) >= 11 is 0. The summed E-state index contributed by atoms with van der Waals surface area (Å²) in [6, 6.07) is 8.58. The van der Waals surface area contributed by atoms with E-state index in [9.17, 15) is 19.2 Å². The van der Waals surface area contributed by atoms with Gasteiger partial charge in [0, 0.05) is 52.5 Å². The Bertz CT molecular complexity index is 833. The molecule has 1 aromatic rings. The van der Waals surface area contributed by atoms with Crippen LogP contribution in [0.1, 0.15) is 58.9 Å². The molecule has 2 atom stereocenters. The summed E-state index contributed by atoms with van der Waals surface area (Å²) in [5, 5.41) is 15.8. The van der Waals surface area contributed by atoms with Crippen LogP contribution in [0.15, 0.2) is 30.3 Å². The zero-order valence-corrected chi connectivity index (χ0v) is 24.3. The van der Waals surface area contributed by atoms with Gasteiger partial charge in [0.2, 0.25) is 11.8 Å². The van der Waals surface area contributed by atoms with Crippen LogP contribution < -0.4 is 0 Å². The molecule has 0 spiro atoms. The summed E-state index contributed by atoms with van der Waals surface area (Å²) in [5.74, 6) is -1.39. The maximum Gasteiger partial charge on any atom is 0.329 e. The Labute approximate surface area is 235 Å². The van der Waals surface area contributed by atoms with Crippen LogP contribution in [0.5, 0.6) is 0 Å². The molecule has 2 aliphatic rings. The topological polar surface area (TPSA) is 124 Å². The molecule has 2 fully saturated rings. The van der Waals surface area contributed by atoms with E-state index >= 15 is 0 Å². The molecule has 9 nitrogen and oxygen atoms in total. The zero-order valence-electron chi connectivity index (χ0n) is 22.8. The molecule has 2 N–H and O–H groups in total. The van der Waals surface area contributed by atoms with Crippen molar-refractivity contribution >= 4 is 23.8 Å². The number of nitrogens with zero attached hydrogens (tertiary/aromatic N) is 2. The van der Waals surface area contributed by atoms with E-state index in [0.717, 1.165) is 25.5 Å². The van der Waals surface area contributed by atoms with E-state index < -0.39 is 18.1 Å². The van der Waals surface area contributed by atoms with Gasteiger partial charge in [-0.25, -0.2) is 9.59 Å². The van der Waals surface area contributed by atoms with Gasteiger partial charge >= 0.3 is 11.9 Å². The molecule has 3 rings (SSSR count). The third-order valence-electron chi connectivity index (χ3n) is 5.84. The standard InChI is InChI=1S/C16H21NO3.C9H15NO3.CH4O.CH3.Pd/c1-12(2)15(18)17-10-6-9-14(17)16(19)20-11-13-7-4-3-5-8-13;1-6(2)8(11)10-5-3-4-7(10)9(12)13;1-2;;/h3-5,7-8,12,14H,6,9-11H2,1-2H3;6-7H,3-5H2,1-2H3,(H,12,13);2H,1H3;1H3;/q;;;-1;/t14-;7-;;;/m00.../s1. The third-order valence-corrected chi connectivity index (χ3v) is 5.84. The summed E-state index contributed by atoms with van der Waals surface area (Å²) < 4.78 is 5.34. The van der Waals surface area contributed by atoms with Crippen molar-refractivity contribution in [3.8, 4) is 0 Å². The summed E-state index contributed by atoms with van der Waals surface area (Å²) in [7, 11) is 1.00. The summed E-state index contributed by atoms with van der Waals surface area (Å²) in [5.41, 5.74) is 0.959. The number of benzene rings is 1. The first-order valence-electron chi connectivity index (χ1n) is 12.1. The SMILES string of the molecule is CC(C)C(=O)N1CCC[C@H]1C(=O)O.CC(C)C(=O)N1CCC[C@H]1C(=O)OCc1ccccc1.CO.[CH3-].[Pd]. The molecule has 37 heavy (non-hydrogen) atoms. The molecule has 0 aliphatic carbocycles. The number of hydrogen-bond donors (Lipinski definition) is 2. The molecule has 1 aromatic carbocycles. The van der Waals surface area contributed by atoms with Crippen molar-refractivity contribution in [1.82, 2.24) is 9.80 Å². The normalized spacial score (nSPS) is 17.9. The second-order valence-electron chi connectivity index (χ2n) is 9.12. The van der Waals surface area contributed by atoms with E-state index in [2.05, 4.69) is 0 Å². The quantitative estimate of drug-likeness (QED) is 0.287. The minimum absolute atomic E-state index is 0. The van der Waals surface area contributed by atoms with Crippen molar-refractivity contribution < 1.29 is 54.6 Å². The predicted molar refractivity (Wildman–Crippen MR) is 138 cm³/mol. The predicted octanol–water partition coefficient (Wildman–Crippen LogP) is 3.15. The van der Waals surface area contributed by atoms with E-state index in [-0.39, 0.29) is 64.1 Å². The molecule has 0 aromatic heterocycles. The number of aliphatic carboxylic acids is 1. The number of likely N-dealkylation sites (tertiary alicyclic amines) is 2. The second-order valence-corrected chi connectivity index (χ2v) is 9.12. The van der Waals surface area contributed by atoms with Gasteiger partial charge in [-0.15, -0.1) is 0 Å². The molecule has 2 amide bonds. The first-order chi connectivity index (χ1) is 16.6. The number of aliphatic hydroxyl groups is 1. The Morgan fingerprint density at radius 3 is 1.73 bits per heavy atom. The average Bonchev–Trinajstić information content (AvgIpc) is 3.54. The molecule has 10 heteroatoms. The van der Waals surface area contributed by atoms with E-state index in [1.165, 1.54) is 4.90 Å². The van der Waals surface area contributed by atoms with Crippen LogP contribution in [0.3, 0.4) is 0 Å². The molecule has 0 bridgehead atoms. The van der Waals surface area contributed by atoms with Crippen molar-refractivity contribution in [2.24, 2.45) is 11.8 Å². The van der Waals surface area contributed by atoms with Crippen LogP contribution in [-0.4, -0.2) is 76.0 Å². The molecule has 2 heterocycles. The first kappa shape index (κ1) is 36.9. The Hall–Kier alpha value is -2.28. The molecule has 0 saturated carbocycles. The minimum Gasteiger partial charge on any atom is -0.480 e. The fourth-order valence-corrected chi connectivity index (χ4v) is 4.05. The summed E-state index contributed by atoms with van der Waals surface area (Å²) in [6.45, 7) is 8.80. The number of esters is 1. The van der Waals surface area contributed by atoms with Crippen molar-refractivity contribution in [3.63, 3.8) is 0 Å². The van der Waals surface area contributed by atoms with Crippen LogP contribution in [0, 0.1) is 19.3 Å². The number of carbonyl (C=O) groups is 4. The molecule has 0 radical (unpaired) electrons. The molecule has 214 valence electrons. The number of hydrogen-bond acceptors (Lipinski definition) is 6. The van der Waals surface area contributed by atoms with Crippen LogP contribution >= 0.6 is 0 Å².